The summed E-state index contributed by atoms with van der Waals surface area (Å²) in [5, 5.41) is 20.8. The van der Waals surface area contributed by atoms with Gasteiger partial charge in [-0.15, -0.1) is 0 Å². The van der Waals surface area contributed by atoms with Gasteiger partial charge in [-0.25, -0.2) is 4.79 Å². The second kappa shape index (κ2) is 34.1. The molecule has 0 aliphatic rings. The summed E-state index contributed by atoms with van der Waals surface area (Å²) in [7, 11) is 0. The molecular formula is C22H46NNaO4. The van der Waals surface area contributed by atoms with Gasteiger partial charge in [0, 0.05) is 6.92 Å². The van der Waals surface area contributed by atoms with Gasteiger partial charge >= 0.3 is 35.5 Å². The van der Waals surface area contributed by atoms with Crippen LogP contribution in [0.25, 0.3) is 0 Å². The summed E-state index contributed by atoms with van der Waals surface area (Å²) in [6, 6.07) is 0. The molecule has 0 aromatic heterocycles. The molecule has 0 aromatic carbocycles. The van der Waals surface area contributed by atoms with Crippen molar-refractivity contribution in [2.45, 2.75) is 124 Å². The van der Waals surface area contributed by atoms with Crippen molar-refractivity contribution in [1.29, 1.82) is 5.41 Å². The number of nitrogens with one attached hydrogen (secondary N) is 1. The Labute approximate surface area is 197 Å². The molecule has 6 heteroatoms. The summed E-state index contributed by atoms with van der Waals surface area (Å²) in [5.74, 6) is -2.04. The van der Waals surface area contributed by atoms with E-state index in [1.807, 2.05) is 0 Å². The Balaban J connectivity index is -0.000000147. The number of carbonyl (C=O) groups is 2. The SMILES string of the molecule is CC(=O)O.CCCCCCCCCCCCCCCCCC.N=CC(=O)O.[H-].[Na+]. The number of carboxylic acid groups (broad SMARTS) is 2. The van der Waals surface area contributed by atoms with E-state index in [1.54, 1.807) is 0 Å². The molecule has 0 aliphatic carbocycles. The van der Waals surface area contributed by atoms with E-state index in [0.717, 1.165) is 6.92 Å². The molecule has 0 bridgehead atoms. The van der Waals surface area contributed by atoms with Gasteiger partial charge in [-0.3, -0.25) is 4.79 Å². The first-order valence-electron chi connectivity index (χ1n) is 10.8. The summed E-state index contributed by atoms with van der Waals surface area (Å²) in [5.41, 5.74) is 0. The molecule has 28 heavy (non-hydrogen) atoms. The number of unbranched alkanes of at least 4 members (excludes halogenated alkanes) is 15. The van der Waals surface area contributed by atoms with Crippen LogP contribution < -0.4 is 29.6 Å². The van der Waals surface area contributed by atoms with Crippen molar-refractivity contribution in [3.05, 3.63) is 0 Å². The van der Waals surface area contributed by atoms with Crippen LogP contribution in [0, 0.1) is 5.41 Å². The van der Waals surface area contributed by atoms with Crippen molar-refractivity contribution in [2.24, 2.45) is 0 Å². The topological polar surface area (TPSA) is 98.5 Å². The van der Waals surface area contributed by atoms with Crippen molar-refractivity contribution in [1.82, 2.24) is 0 Å². The maximum Gasteiger partial charge on any atom is 1.00 e. The Morgan fingerprint density at radius 1 is 0.679 bits per heavy atom. The molecule has 0 rings (SSSR count). The number of hydrogen-bond acceptors (Lipinski definition) is 3. The zero-order valence-corrected chi connectivity index (χ0v) is 21.1. The molecule has 0 unspecified atom stereocenters. The average molecular weight is 412 g/mol. The Morgan fingerprint density at radius 3 is 0.929 bits per heavy atom. The summed E-state index contributed by atoms with van der Waals surface area (Å²) in [6.07, 6.45) is 23.7. The largest absolute Gasteiger partial charge is 1.00 e. The van der Waals surface area contributed by atoms with E-state index in [4.69, 9.17) is 25.2 Å². The smallest absolute Gasteiger partial charge is 1.00 e. The fourth-order valence-electron chi connectivity index (χ4n) is 2.62. The van der Waals surface area contributed by atoms with E-state index in [1.165, 1.54) is 103 Å². The van der Waals surface area contributed by atoms with Crippen molar-refractivity contribution in [3.8, 4) is 0 Å². The molecule has 0 radical (unpaired) electrons. The summed E-state index contributed by atoms with van der Waals surface area (Å²) < 4.78 is 0. The van der Waals surface area contributed by atoms with Crippen LogP contribution in [-0.4, -0.2) is 28.4 Å². The molecular weight excluding hydrogens is 365 g/mol. The molecule has 5 nitrogen and oxygen atoms in total. The van der Waals surface area contributed by atoms with Gasteiger partial charge in [-0.1, -0.05) is 117 Å². The zero-order valence-electron chi connectivity index (χ0n) is 20.1. The van der Waals surface area contributed by atoms with Gasteiger partial charge in [-0.2, -0.15) is 0 Å². The molecule has 0 atom stereocenters. The van der Waals surface area contributed by atoms with Crippen LogP contribution in [-0.2, 0) is 9.59 Å². The Morgan fingerprint density at radius 2 is 0.821 bits per heavy atom. The van der Waals surface area contributed by atoms with Crippen LogP contribution in [0.15, 0.2) is 0 Å². The Bertz CT molecular complexity index is 312. The van der Waals surface area contributed by atoms with E-state index in [-0.39, 0.29) is 31.0 Å². The van der Waals surface area contributed by atoms with Crippen molar-refractivity contribution in [3.63, 3.8) is 0 Å². The second-order valence-electron chi connectivity index (χ2n) is 6.95. The van der Waals surface area contributed by atoms with Crippen molar-refractivity contribution >= 4 is 18.2 Å². The van der Waals surface area contributed by atoms with Gasteiger partial charge < -0.3 is 17.0 Å². The van der Waals surface area contributed by atoms with Crippen LogP contribution >= 0.6 is 0 Å². The maximum absolute atomic E-state index is 9.12. The first kappa shape index (κ1) is 35.1. The molecule has 0 heterocycles. The number of rotatable bonds is 16. The summed E-state index contributed by atoms with van der Waals surface area (Å²) in [4.78, 5) is 18.1. The minimum absolute atomic E-state index is 0. The van der Waals surface area contributed by atoms with E-state index in [2.05, 4.69) is 13.8 Å². The molecule has 0 fully saturated rings. The third-order valence-corrected chi connectivity index (χ3v) is 4.08. The fourth-order valence-corrected chi connectivity index (χ4v) is 2.62. The van der Waals surface area contributed by atoms with Crippen LogP contribution in [0.3, 0.4) is 0 Å². The van der Waals surface area contributed by atoms with Crippen molar-refractivity contribution < 1.29 is 50.8 Å². The van der Waals surface area contributed by atoms with Gasteiger partial charge in [0.05, 0.1) is 0 Å². The van der Waals surface area contributed by atoms with Crippen LogP contribution in [0.2, 0.25) is 0 Å². The quantitative estimate of drug-likeness (QED) is 0.201. The summed E-state index contributed by atoms with van der Waals surface area (Å²) in [6.45, 7) is 5.67. The monoisotopic (exact) mass is 411 g/mol. The fraction of sp³-hybridized carbons (Fsp3) is 0.864. The van der Waals surface area contributed by atoms with Crippen LogP contribution in [0.5, 0.6) is 0 Å². The van der Waals surface area contributed by atoms with Crippen molar-refractivity contribution in [2.75, 3.05) is 0 Å². The minimum atomic E-state index is -1.20. The Hall–Kier alpha value is -0.390. The average Bonchev–Trinajstić information content (AvgIpc) is 2.62. The van der Waals surface area contributed by atoms with E-state index in [0.29, 0.717) is 6.21 Å². The molecule has 164 valence electrons. The van der Waals surface area contributed by atoms with Crippen LogP contribution in [0.4, 0.5) is 0 Å². The van der Waals surface area contributed by atoms with E-state index in [9.17, 15) is 0 Å². The minimum Gasteiger partial charge on any atom is -1.00 e. The first-order valence-corrected chi connectivity index (χ1v) is 10.8. The first-order chi connectivity index (χ1) is 12.9. The molecule has 3 N–H and O–H groups in total. The number of hydrogen-bond donors (Lipinski definition) is 3. The molecule has 0 aliphatic heterocycles. The molecule has 0 saturated heterocycles. The zero-order chi connectivity index (χ0) is 21.2. The van der Waals surface area contributed by atoms with E-state index >= 15 is 0 Å². The van der Waals surface area contributed by atoms with Gasteiger partial charge in [0.25, 0.3) is 5.97 Å². The second-order valence-corrected chi connectivity index (χ2v) is 6.95. The molecule has 0 spiro atoms. The maximum atomic E-state index is 9.12. The predicted octanol–water partition coefficient (Wildman–Crippen LogP) is 4.20. The van der Waals surface area contributed by atoms with E-state index < -0.39 is 11.9 Å². The van der Waals surface area contributed by atoms with Gasteiger partial charge in [0.1, 0.15) is 6.21 Å². The molecule has 0 aromatic rings. The Kier molecular flexibility index (Phi) is 42.8. The molecule has 0 amide bonds. The normalized spacial score (nSPS) is 9.11. The summed E-state index contributed by atoms with van der Waals surface area (Å²) >= 11 is 0. The predicted molar refractivity (Wildman–Crippen MR) is 116 cm³/mol. The van der Waals surface area contributed by atoms with Gasteiger partial charge in [-0.05, 0) is 0 Å². The molecule has 0 saturated carbocycles. The standard InChI is InChI=1S/C18H38.C2H3NO2.C2H4O2.Na.H/c1-3-5-7-9-11-13-15-17-18-16-14-12-10-8-6-4-2;3-1-2(4)5;1-2(3)4;;/h3-18H2,1-2H3;1,3H,(H,4,5);1H3,(H,3,4);;/q;;;+1;-1. The number of aliphatic carboxylic acids is 2. The third-order valence-electron chi connectivity index (χ3n) is 4.08. The van der Waals surface area contributed by atoms with Crippen LogP contribution in [0.1, 0.15) is 125 Å². The number of carboxylic acids is 2. The van der Waals surface area contributed by atoms with Gasteiger partial charge in [0.15, 0.2) is 0 Å². The van der Waals surface area contributed by atoms with Gasteiger partial charge in [0.2, 0.25) is 0 Å². The third kappa shape index (κ3) is 56.2.